The fraction of sp³-hybridized carbons (Fsp3) is 0.421. The van der Waals surface area contributed by atoms with E-state index < -0.39 is 0 Å². The van der Waals surface area contributed by atoms with Gasteiger partial charge in [-0.3, -0.25) is 9.88 Å². The van der Waals surface area contributed by atoms with Crippen molar-refractivity contribution in [3.8, 4) is 5.75 Å². The maximum atomic E-state index is 9.74. The summed E-state index contributed by atoms with van der Waals surface area (Å²) in [5.74, 6) is 1.30. The molecule has 3 rings (SSSR count). The number of likely N-dealkylation sites (tertiary alicyclic amines) is 1. The lowest BCUT2D eigenvalue weighted by Gasteiger charge is -2.19. The van der Waals surface area contributed by atoms with E-state index in [0.29, 0.717) is 12.5 Å². The first-order valence-electron chi connectivity index (χ1n) is 8.23. The molecule has 0 saturated carbocycles. The van der Waals surface area contributed by atoms with Crippen LogP contribution in [0.4, 0.5) is 0 Å². The van der Waals surface area contributed by atoms with Crippen LogP contribution in [0.2, 0.25) is 0 Å². The fourth-order valence-corrected chi connectivity index (χ4v) is 3.05. The van der Waals surface area contributed by atoms with Crippen LogP contribution in [0.3, 0.4) is 0 Å². The van der Waals surface area contributed by atoms with Crippen LogP contribution in [0.5, 0.6) is 5.75 Å². The van der Waals surface area contributed by atoms with Crippen molar-refractivity contribution < 1.29 is 9.84 Å². The largest absolute Gasteiger partial charge is 0.487 e. The average Bonchev–Trinajstić information content (AvgIpc) is 3.04. The van der Waals surface area contributed by atoms with Crippen molar-refractivity contribution in [3.63, 3.8) is 0 Å². The summed E-state index contributed by atoms with van der Waals surface area (Å²) in [7, 11) is 0. The van der Waals surface area contributed by atoms with Crippen molar-refractivity contribution in [1.82, 2.24) is 9.88 Å². The first kappa shape index (κ1) is 16.0. The van der Waals surface area contributed by atoms with Gasteiger partial charge in [-0.15, -0.1) is 0 Å². The molecule has 0 spiro atoms. The molecule has 1 aromatic carbocycles. The molecule has 0 bridgehead atoms. The Bertz CT molecular complexity index is 616. The number of aromatic nitrogens is 1. The number of rotatable bonds is 6. The molecule has 2 atom stereocenters. The predicted octanol–water partition coefficient (Wildman–Crippen LogP) is 2.86. The van der Waals surface area contributed by atoms with E-state index in [9.17, 15) is 5.11 Å². The molecule has 1 fully saturated rings. The Morgan fingerprint density at radius 1 is 1.26 bits per heavy atom. The van der Waals surface area contributed by atoms with Gasteiger partial charge in [0.1, 0.15) is 12.4 Å². The van der Waals surface area contributed by atoms with Crippen LogP contribution in [0.25, 0.3) is 0 Å². The van der Waals surface area contributed by atoms with Gasteiger partial charge >= 0.3 is 0 Å². The van der Waals surface area contributed by atoms with Gasteiger partial charge in [0.15, 0.2) is 0 Å². The number of aliphatic hydroxyl groups excluding tert-OH is 1. The highest BCUT2D eigenvalue weighted by molar-refractivity contribution is 5.33. The van der Waals surface area contributed by atoms with Gasteiger partial charge in [-0.25, -0.2) is 0 Å². The molecule has 4 heteroatoms. The van der Waals surface area contributed by atoms with Gasteiger partial charge in [-0.05, 0) is 44.0 Å². The molecule has 0 amide bonds. The number of pyridine rings is 1. The molecule has 122 valence electrons. The Hall–Kier alpha value is -1.91. The number of ether oxygens (including phenoxy) is 1. The molecule has 2 unspecified atom stereocenters. The predicted molar refractivity (Wildman–Crippen MR) is 90.1 cm³/mol. The van der Waals surface area contributed by atoms with E-state index in [1.54, 1.807) is 6.20 Å². The Balaban J connectivity index is 1.62. The molecule has 1 aliphatic rings. The number of aliphatic hydroxyl groups is 1. The minimum absolute atomic E-state index is 0.226. The zero-order chi connectivity index (χ0) is 16.1. The molecule has 2 heterocycles. The Labute approximate surface area is 137 Å². The van der Waals surface area contributed by atoms with Crippen molar-refractivity contribution in [3.05, 3.63) is 59.9 Å². The van der Waals surface area contributed by atoms with E-state index in [2.05, 4.69) is 16.0 Å². The van der Waals surface area contributed by atoms with Gasteiger partial charge < -0.3 is 9.84 Å². The number of hydrogen-bond acceptors (Lipinski definition) is 4. The quantitative estimate of drug-likeness (QED) is 0.891. The Morgan fingerprint density at radius 3 is 2.83 bits per heavy atom. The fourth-order valence-electron chi connectivity index (χ4n) is 3.05. The van der Waals surface area contributed by atoms with Crippen molar-refractivity contribution in [1.29, 1.82) is 0 Å². The van der Waals surface area contributed by atoms with Gasteiger partial charge in [0.05, 0.1) is 11.8 Å². The van der Waals surface area contributed by atoms with Crippen LogP contribution in [0.15, 0.2) is 48.7 Å². The SMILES string of the molecule is CC(O)C1CCN(Cc2ccccc2OCc2ccccn2)C1. The monoisotopic (exact) mass is 312 g/mol. The molecule has 1 aliphatic heterocycles. The van der Waals surface area contributed by atoms with Gasteiger partial charge in [0, 0.05) is 24.8 Å². The summed E-state index contributed by atoms with van der Waals surface area (Å²) < 4.78 is 5.97. The second-order valence-electron chi connectivity index (χ2n) is 6.24. The van der Waals surface area contributed by atoms with Crippen LogP contribution < -0.4 is 4.74 Å². The summed E-state index contributed by atoms with van der Waals surface area (Å²) in [5, 5.41) is 9.74. The smallest absolute Gasteiger partial charge is 0.130 e. The van der Waals surface area contributed by atoms with Crippen molar-refractivity contribution in [2.75, 3.05) is 13.1 Å². The van der Waals surface area contributed by atoms with Gasteiger partial charge in [-0.2, -0.15) is 0 Å². The van der Waals surface area contributed by atoms with Gasteiger partial charge in [0.2, 0.25) is 0 Å². The zero-order valence-electron chi connectivity index (χ0n) is 13.6. The Morgan fingerprint density at radius 2 is 2.09 bits per heavy atom. The topological polar surface area (TPSA) is 45.6 Å². The molecule has 1 N–H and O–H groups in total. The highest BCUT2D eigenvalue weighted by Gasteiger charge is 2.26. The second kappa shape index (κ2) is 7.57. The van der Waals surface area contributed by atoms with E-state index in [-0.39, 0.29) is 6.10 Å². The van der Waals surface area contributed by atoms with E-state index in [1.807, 2.05) is 43.3 Å². The lowest BCUT2D eigenvalue weighted by molar-refractivity contribution is 0.127. The number of hydrogen-bond donors (Lipinski definition) is 1. The lowest BCUT2D eigenvalue weighted by atomic mass is 10.0. The standard InChI is InChI=1S/C19H24N2O2/c1-15(22)16-9-11-21(12-16)13-17-6-2-3-8-19(17)23-14-18-7-4-5-10-20-18/h2-8,10,15-16,22H,9,11-14H2,1H3. The minimum Gasteiger partial charge on any atom is -0.487 e. The summed E-state index contributed by atoms with van der Waals surface area (Å²) in [6.07, 6.45) is 2.62. The number of para-hydroxylation sites is 1. The maximum absolute atomic E-state index is 9.74. The summed E-state index contributed by atoms with van der Waals surface area (Å²) >= 11 is 0. The third-order valence-electron chi connectivity index (χ3n) is 4.46. The van der Waals surface area contributed by atoms with Crippen LogP contribution >= 0.6 is 0 Å². The maximum Gasteiger partial charge on any atom is 0.130 e. The van der Waals surface area contributed by atoms with E-state index in [4.69, 9.17) is 4.74 Å². The molecular formula is C19H24N2O2. The van der Waals surface area contributed by atoms with E-state index >= 15 is 0 Å². The first-order chi connectivity index (χ1) is 11.2. The van der Waals surface area contributed by atoms with E-state index in [1.165, 1.54) is 5.56 Å². The molecule has 1 aromatic heterocycles. The first-order valence-corrected chi connectivity index (χ1v) is 8.23. The third kappa shape index (κ3) is 4.30. The zero-order valence-corrected chi connectivity index (χ0v) is 13.6. The third-order valence-corrected chi connectivity index (χ3v) is 4.46. The molecule has 2 aromatic rings. The molecule has 0 aliphatic carbocycles. The van der Waals surface area contributed by atoms with Crippen LogP contribution in [0, 0.1) is 5.92 Å². The molecular weight excluding hydrogens is 288 g/mol. The summed E-state index contributed by atoms with van der Waals surface area (Å²) in [5.41, 5.74) is 2.12. The summed E-state index contributed by atoms with van der Waals surface area (Å²) in [6.45, 7) is 5.21. The summed E-state index contributed by atoms with van der Waals surface area (Å²) in [6, 6.07) is 14.0. The molecule has 4 nitrogen and oxygen atoms in total. The highest BCUT2D eigenvalue weighted by atomic mass is 16.5. The molecule has 0 radical (unpaired) electrons. The van der Waals surface area contributed by atoms with Crippen LogP contribution in [0.1, 0.15) is 24.6 Å². The van der Waals surface area contributed by atoms with Crippen LogP contribution in [-0.4, -0.2) is 34.2 Å². The van der Waals surface area contributed by atoms with Gasteiger partial charge in [0.25, 0.3) is 0 Å². The highest BCUT2D eigenvalue weighted by Crippen LogP contribution is 2.25. The lowest BCUT2D eigenvalue weighted by Crippen LogP contribution is -2.24. The number of benzene rings is 1. The van der Waals surface area contributed by atoms with Crippen molar-refractivity contribution in [2.45, 2.75) is 32.6 Å². The van der Waals surface area contributed by atoms with Gasteiger partial charge in [-0.1, -0.05) is 24.3 Å². The average molecular weight is 312 g/mol. The second-order valence-corrected chi connectivity index (χ2v) is 6.24. The Kier molecular flexibility index (Phi) is 5.26. The molecule has 23 heavy (non-hydrogen) atoms. The van der Waals surface area contributed by atoms with E-state index in [0.717, 1.165) is 37.5 Å². The number of nitrogens with zero attached hydrogens (tertiary/aromatic N) is 2. The molecule has 1 saturated heterocycles. The van der Waals surface area contributed by atoms with Crippen molar-refractivity contribution >= 4 is 0 Å². The van der Waals surface area contributed by atoms with Crippen molar-refractivity contribution in [2.24, 2.45) is 5.92 Å². The normalized spacial score (nSPS) is 19.7. The minimum atomic E-state index is -0.226. The summed E-state index contributed by atoms with van der Waals surface area (Å²) in [4.78, 5) is 6.68. The van der Waals surface area contributed by atoms with Crippen LogP contribution in [-0.2, 0) is 13.2 Å².